The van der Waals surface area contributed by atoms with Crippen LogP contribution in [-0.2, 0) is 9.53 Å². The fourth-order valence-electron chi connectivity index (χ4n) is 2.87. The molecule has 0 bridgehead atoms. The van der Waals surface area contributed by atoms with Crippen LogP contribution in [0.3, 0.4) is 0 Å². The minimum absolute atomic E-state index is 0.349. The van der Waals surface area contributed by atoms with Gasteiger partial charge in [-0.2, -0.15) is 0 Å². The molecule has 1 aliphatic rings. The van der Waals surface area contributed by atoms with Gasteiger partial charge in [-0.25, -0.2) is 4.79 Å². The summed E-state index contributed by atoms with van der Waals surface area (Å²) in [5.41, 5.74) is 2.17. The van der Waals surface area contributed by atoms with Crippen molar-refractivity contribution in [2.24, 2.45) is 0 Å². The first kappa shape index (κ1) is 16.3. The van der Waals surface area contributed by atoms with Gasteiger partial charge in [-0.05, 0) is 53.7 Å². The standard InChI is InChI=1S/C18H18N2O3S/c1-10-15(17(21)23-3)16(20-18(24)19-10)13-5-4-12-9-14(22-2)7-6-11(12)8-13/h4-9,16H,1-3H3,(H2,19,20,24)/t16-/m0/s1. The monoisotopic (exact) mass is 342 g/mol. The number of esters is 1. The number of carbonyl (C=O) groups is 1. The number of carbonyl (C=O) groups excluding carboxylic acids is 1. The van der Waals surface area contributed by atoms with Crippen molar-refractivity contribution in [2.45, 2.75) is 13.0 Å². The van der Waals surface area contributed by atoms with Crippen LogP contribution < -0.4 is 15.4 Å². The van der Waals surface area contributed by atoms with E-state index in [2.05, 4.69) is 10.6 Å². The summed E-state index contributed by atoms with van der Waals surface area (Å²) >= 11 is 5.24. The lowest BCUT2D eigenvalue weighted by atomic mass is 9.94. The molecule has 24 heavy (non-hydrogen) atoms. The third kappa shape index (κ3) is 2.92. The van der Waals surface area contributed by atoms with Crippen molar-refractivity contribution in [3.8, 4) is 5.75 Å². The van der Waals surface area contributed by atoms with Crippen molar-refractivity contribution in [3.63, 3.8) is 0 Å². The average Bonchev–Trinajstić information content (AvgIpc) is 2.59. The van der Waals surface area contributed by atoms with E-state index in [0.29, 0.717) is 16.4 Å². The lowest BCUT2D eigenvalue weighted by Gasteiger charge is -2.29. The number of ether oxygens (including phenoxy) is 2. The molecular weight excluding hydrogens is 324 g/mol. The van der Waals surface area contributed by atoms with Crippen molar-refractivity contribution in [2.75, 3.05) is 14.2 Å². The zero-order chi connectivity index (χ0) is 17.3. The van der Waals surface area contributed by atoms with Crippen LogP contribution in [0.1, 0.15) is 18.5 Å². The number of allylic oxidation sites excluding steroid dienone is 1. The van der Waals surface area contributed by atoms with E-state index in [0.717, 1.165) is 22.1 Å². The summed E-state index contributed by atoms with van der Waals surface area (Å²) in [5, 5.41) is 8.74. The Morgan fingerprint density at radius 3 is 2.54 bits per heavy atom. The molecule has 1 aliphatic heterocycles. The molecule has 0 spiro atoms. The second kappa shape index (κ2) is 6.49. The Balaban J connectivity index is 2.08. The predicted octanol–water partition coefficient (Wildman–Crippen LogP) is 2.81. The largest absolute Gasteiger partial charge is 0.497 e. The molecule has 5 nitrogen and oxygen atoms in total. The topological polar surface area (TPSA) is 59.6 Å². The summed E-state index contributed by atoms with van der Waals surface area (Å²) in [4.78, 5) is 12.2. The number of methoxy groups -OCH3 is 2. The number of hydrogen-bond donors (Lipinski definition) is 2. The van der Waals surface area contributed by atoms with Crippen molar-refractivity contribution in [3.05, 3.63) is 53.2 Å². The van der Waals surface area contributed by atoms with Gasteiger partial charge in [0.1, 0.15) is 5.75 Å². The van der Waals surface area contributed by atoms with Gasteiger partial charge in [0.2, 0.25) is 0 Å². The zero-order valence-corrected chi connectivity index (χ0v) is 14.5. The van der Waals surface area contributed by atoms with Gasteiger partial charge in [0, 0.05) is 5.70 Å². The molecule has 124 valence electrons. The van der Waals surface area contributed by atoms with Crippen LogP contribution in [-0.4, -0.2) is 25.3 Å². The van der Waals surface area contributed by atoms with Gasteiger partial charge in [-0.15, -0.1) is 0 Å². The first-order valence-electron chi connectivity index (χ1n) is 7.48. The Labute approximate surface area is 145 Å². The number of nitrogens with one attached hydrogen (secondary N) is 2. The SMILES string of the molecule is COC(=O)C1=C(C)NC(=S)N[C@H]1c1ccc2cc(OC)ccc2c1. The Morgan fingerprint density at radius 2 is 1.83 bits per heavy atom. The third-order valence-electron chi connectivity index (χ3n) is 4.08. The van der Waals surface area contributed by atoms with E-state index in [1.807, 2.05) is 43.3 Å². The molecule has 3 rings (SSSR count). The second-order valence-corrected chi connectivity index (χ2v) is 5.94. The molecule has 2 aromatic rings. The van der Waals surface area contributed by atoms with Gasteiger partial charge in [-0.3, -0.25) is 0 Å². The van der Waals surface area contributed by atoms with E-state index < -0.39 is 0 Å². The molecule has 0 radical (unpaired) electrons. The minimum atomic E-state index is -0.380. The zero-order valence-electron chi connectivity index (χ0n) is 13.7. The van der Waals surface area contributed by atoms with Gasteiger partial charge in [0.05, 0.1) is 25.8 Å². The number of benzene rings is 2. The minimum Gasteiger partial charge on any atom is -0.497 e. The number of rotatable bonds is 3. The summed E-state index contributed by atoms with van der Waals surface area (Å²) in [6, 6.07) is 11.5. The first-order valence-corrected chi connectivity index (χ1v) is 7.88. The van der Waals surface area contributed by atoms with Crippen LogP contribution in [0, 0.1) is 0 Å². The number of hydrogen-bond acceptors (Lipinski definition) is 4. The fourth-order valence-corrected chi connectivity index (χ4v) is 3.14. The summed E-state index contributed by atoms with van der Waals surface area (Å²) < 4.78 is 10.2. The van der Waals surface area contributed by atoms with Crippen molar-refractivity contribution in [1.82, 2.24) is 10.6 Å². The molecule has 6 heteroatoms. The van der Waals surface area contributed by atoms with E-state index in [1.165, 1.54) is 7.11 Å². The Hall–Kier alpha value is -2.60. The van der Waals surface area contributed by atoms with E-state index >= 15 is 0 Å². The van der Waals surface area contributed by atoms with Crippen molar-refractivity contribution in [1.29, 1.82) is 0 Å². The van der Waals surface area contributed by atoms with E-state index in [1.54, 1.807) is 7.11 Å². The fraction of sp³-hybridized carbons (Fsp3) is 0.222. The maximum atomic E-state index is 12.2. The van der Waals surface area contributed by atoms with Crippen molar-refractivity contribution >= 4 is 34.1 Å². The van der Waals surface area contributed by atoms with E-state index in [9.17, 15) is 4.79 Å². The van der Waals surface area contributed by atoms with Crippen LogP contribution in [0.5, 0.6) is 5.75 Å². The smallest absolute Gasteiger partial charge is 0.337 e. The maximum Gasteiger partial charge on any atom is 0.337 e. The normalized spacial score (nSPS) is 17.3. The Kier molecular flexibility index (Phi) is 4.40. The molecule has 1 heterocycles. The highest BCUT2D eigenvalue weighted by Crippen LogP contribution is 2.30. The average molecular weight is 342 g/mol. The number of thiocarbonyl (C=S) groups is 1. The quantitative estimate of drug-likeness (QED) is 0.661. The highest BCUT2D eigenvalue weighted by atomic mass is 32.1. The van der Waals surface area contributed by atoms with E-state index in [-0.39, 0.29) is 12.0 Å². The summed E-state index contributed by atoms with van der Waals surface area (Å²) in [6.45, 7) is 1.82. The highest BCUT2D eigenvalue weighted by Gasteiger charge is 2.30. The summed E-state index contributed by atoms with van der Waals surface area (Å²) in [5.74, 6) is 0.428. The molecule has 0 aromatic heterocycles. The lowest BCUT2D eigenvalue weighted by Crippen LogP contribution is -2.45. The lowest BCUT2D eigenvalue weighted by molar-refractivity contribution is -0.136. The molecular formula is C18H18N2O3S. The van der Waals surface area contributed by atoms with Crippen LogP contribution in [0.4, 0.5) is 0 Å². The van der Waals surface area contributed by atoms with Gasteiger partial charge < -0.3 is 20.1 Å². The van der Waals surface area contributed by atoms with Gasteiger partial charge in [0.15, 0.2) is 5.11 Å². The third-order valence-corrected chi connectivity index (χ3v) is 4.30. The van der Waals surface area contributed by atoms with Crippen LogP contribution in [0.2, 0.25) is 0 Å². The molecule has 0 amide bonds. The Bertz CT molecular complexity index is 860. The molecule has 0 unspecified atom stereocenters. The predicted molar refractivity (Wildman–Crippen MR) is 96.8 cm³/mol. The number of fused-ring (bicyclic) bond motifs is 1. The molecule has 0 saturated heterocycles. The van der Waals surface area contributed by atoms with Gasteiger partial charge in [-0.1, -0.05) is 18.2 Å². The van der Waals surface area contributed by atoms with Gasteiger partial charge >= 0.3 is 5.97 Å². The van der Waals surface area contributed by atoms with Crippen LogP contribution in [0.15, 0.2) is 47.7 Å². The molecule has 0 aliphatic carbocycles. The first-order chi connectivity index (χ1) is 11.5. The molecule has 1 atom stereocenters. The van der Waals surface area contributed by atoms with Gasteiger partial charge in [0.25, 0.3) is 0 Å². The van der Waals surface area contributed by atoms with Crippen LogP contribution >= 0.6 is 12.2 Å². The Morgan fingerprint density at radius 1 is 1.12 bits per heavy atom. The summed E-state index contributed by atoms with van der Waals surface area (Å²) in [7, 11) is 3.02. The summed E-state index contributed by atoms with van der Waals surface area (Å²) in [6.07, 6.45) is 0. The molecule has 2 aromatic carbocycles. The maximum absolute atomic E-state index is 12.2. The molecule has 2 N–H and O–H groups in total. The van der Waals surface area contributed by atoms with Crippen molar-refractivity contribution < 1.29 is 14.3 Å². The molecule has 0 saturated carbocycles. The molecule has 0 fully saturated rings. The van der Waals surface area contributed by atoms with E-state index in [4.69, 9.17) is 21.7 Å². The second-order valence-electron chi connectivity index (χ2n) is 5.53. The van der Waals surface area contributed by atoms with Crippen LogP contribution in [0.25, 0.3) is 10.8 Å². The highest BCUT2D eigenvalue weighted by molar-refractivity contribution is 7.80.